The predicted molar refractivity (Wildman–Crippen MR) is 34.0 cm³/mol. The van der Waals surface area contributed by atoms with E-state index in [0.29, 0.717) is 4.73 Å². The molecular weight excluding hydrogens is 132 g/mol. The first-order valence-corrected chi connectivity index (χ1v) is 2.52. The van der Waals surface area contributed by atoms with Gasteiger partial charge < -0.3 is 10.2 Å². The van der Waals surface area contributed by atoms with Gasteiger partial charge in [0.1, 0.15) is 0 Å². The van der Waals surface area contributed by atoms with E-state index in [-0.39, 0.29) is 5.69 Å². The summed E-state index contributed by atoms with van der Waals surface area (Å²) in [5.74, 6) is 2.10. The van der Waals surface area contributed by atoms with Crippen LogP contribution in [0.2, 0.25) is 0 Å². The summed E-state index contributed by atoms with van der Waals surface area (Å²) >= 11 is 0. The number of hydrogen-bond donors (Lipinski definition) is 1. The van der Waals surface area contributed by atoms with Gasteiger partial charge in [-0.3, -0.25) is 4.79 Å². The van der Waals surface area contributed by atoms with E-state index in [9.17, 15) is 10.0 Å². The van der Waals surface area contributed by atoms with Crippen LogP contribution >= 0.6 is 0 Å². The summed E-state index contributed by atoms with van der Waals surface area (Å²) in [4.78, 5) is 12.7. The van der Waals surface area contributed by atoms with Gasteiger partial charge in [-0.2, -0.15) is 4.73 Å². The molecule has 0 atom stereocenters. The van der Waals surface area contributed by atoms with Crippen molar-refractivity contribution in [3.05, 3.63) is 33.6 Å². The maximum atomic E-state index is 10.6. The van der Waals surface area contributed by atoms with Crippen molar-refractivity contribution in [2.45, 2.75) is 0 Å². The molecule has 0 saturated carbocycles. The summed E-state index contributed by atoms with van der Waals surface area (Å²) in [6.45, 7) is 0. The highest BCUT2D eigenvalue weighted by Crippen LogP contribution is 1.76. The molecule has 50 valence electrons. The number of aromatic nitrogens is 2. The quantitative estimate of drug-likeness (QED) is 0.282. The van der Waals surface area contributed by atoms with Gasteiger partial charge in [0.2, 0.25) is 6.20 Å². The van der Waals surface area contributed by atoms with Crippen LogP contribution in [0.5, 0.6) is 0 Å². The second-order valence-corrected chi connectivity index (χ2v) is 1.64. The number of nitrogens with zero attached hydrogens (tertiary/aromatic N) is 1. The van der Waals surface area contributed by atoms with Gasteiger partial charge in [0.05, 0.1) is 6.20 Å². The van der Waals surface area contributed by atoms with Gasteiger partial charge in [-0.05, 0) is 0 Å². The van der Waals surface area contributed by atoms with Crippen molar-refractivity contribution >= 4 is 0 Å². The lowest BCUT2D eigenvalue weighted by atomic mass is 10.5. The van der Waals surface area contributed by atoms with E-state index in [1.165, 1.54) is 6.20 Å². The predicted octanol–water partition coefficient (Wildman–Crippen LogP) is -1.01. The SMILES string of the molecule is C#Cc1c[nH]c(=O)c[n+]1[O-]. The Hall–Kier alpha value is -1.76. The van der Waals surface area contributed by atoms with E-state index >= 15 is 0 Å². The average Bonchev–Trinajstić information content (AvgIpc) is 1.88. The molecule has 10 heavy (non-hydrogen) atoms. The summed E-state index contributed by atoms with van der Waals surface area (Å²) in [6, 6.07) is 0. The number of rotatable bonds is 0. The molecule has 0 aliphatic heterocycles. The Morgan fingerprint density at radius 2 is 2.50 bits per heavy atom. The van der Waals surface area contributed by atoms with E-state index in [2.05, 4.69) is 10.9 Å². The van der Waals surface area contributed by atoms with E-state index in [4.69, 9.17) is 6.42 Å². The van der Waals surface area contributed by atoms with Crippen molar-refractivity contribution in [3.8, 4) is 12.3 Å². The smallest absolute Gasteiger partial charge is 0.313 e. The highest BCUT2D eigenvalue weighted by atomic mass is 16.5. The highest BCUT2D eigenvalue weighted by Gasteiger charge is 1.98. The number of hydrogen-bond acceptors (Lipinski definition) is 2. The monoisotopic (exact) mass is 136 g/mol. The molecule has 0 fully saturated rings. The molecule has 0 spiro atoms. The zero-order valence-electron chi connectivity index (χ0n) is 5.00. The van der Waals surface area contributed by atoms with Crippen LogP contribution in [0.4, 0.5) is 0 Å². The number of aromatic amines is 1. The fraction of sp³-hybridized carbons (Fsp3) is 0. The molecule has 4 heteroatoms. The maximum Gasteiger partial charge on any atom is 0.313 e. The van der Waals surface area contributed by atoms with Crippen molar-refractivity contribution in [1.82, 2.24) is 4.98 Å². The molecule has 0 bridgehead atoms. The Bertz CT molecular complexity index is 334. The Labute approximate surface area is 56.7 Å². The number of H-pyrrole nitrogens is 1. The van der Waals surface area contributed by atoms with E-state index in [1.807, 2.05) is 0 Å². The highest BCUT2D eigenvalue weighted by molar-refractivity contribution is 5.14. The van der Waals surface area contributed by atoms with Crippen LogP contribution in [0.1, 0.15) is 5.69 Å². The van der Waals surface area contributed by atoms with Gasteiger partial charge in [-0.15, -0.1) is 6.42 Å². The molecule has 1 rings (SSSR count). The fourth-order valence-electron chi connectivity index (χ4n) is 0.522. The van der Waals surface area contributed by atoms with Crippen molar-refractivity contribution < 1.29 is 4.73 Å². The molecule has 1 heterocycles. The first-order valence-electron chi connectivity index (χ1n) is 2.52. The molecule has 0 saturated heterocycles. The van der Waals surface area contributed by atoms with Crippen LogP contribution in [0, 0.1) is 17.6 Å². The Morgan fingerprint density at radius 1 is 1.80 bits per heavy atom. The Kier molecular flexibility index (Phi) is 1.42. The summed E-state index contributed by atoms with van der Waals surface area (Å²) in [6.07, 6.45) is 6.94. The summed E-state index contributed by atoms with van der Waals surface area (Å²) < 4.78 is 0.346. The van der Waals surface area contributed by atoms with E-state index in [1.54, 1.807) is 0 Å². The molecule has 0 aliphatic carbocycles. The molecule has 0 aromatic carbocycles. The zero-order valence-corrected chi connectivity index (χ0v) is 5.00. The molecular formula is C6H4N2O2. The summed E-state index contributed by atoms with van der Waals surface area (Å²) in [5.41, 5.74) is -0.367. The van der Waals surface area contributed by atoms with Crippen LogP contribution in [0.3, 0.4) is 0 Å². The van der Waals surface area contributed by atoms with Gasteiger partial charge in [-0.25, -0.2) is 0 Å². The van der Waals surface area contributed by atoms with Crippen molar-refractivity contribution in [1.29, 1.82) is 0 Å². The van der Waals surface area contributed by atoms with Crippen LogP contribution in [-0.4, -0.2) is 4.98 Å². The lowest BCUT2D eigenvalue weighted by Crippen LogP contribution is -2.35. The molecule has 1 aromatic heterocycles. The Morgan fingerprint density at radius 3 is 3.00 bits per heavy atom. The third-order valence-corrected chi connectivity index (χ3v) is 0.971. The third-order valence-electron chi connectivity index (χ3n) is 0.971. The maximum absolute atomic E-state index is 10.6. The van der Waals surface area contributed by atoms with Crippen LogP contribution in [-0.2, 0) is 0 Å². The van der Waals surface area contributed by atoms with E-state index in [0.717, 1.165) is 6.20 Å². The van der Waals surface area contributed by atoms with Gasteiger partial charge in [0.25, 0.3) is 5.69 Å². The molecule has 4 nitrogen and oxygen atoms in total. The minimum atomic E-state index is -0.464. The van der Waals surface area contributed by atoms with Crippen LogP contribution in [0.25, 0.3) is 0 Å². The number of terminal acetylenes is 1. The minimum absolute atomic E-state index is 0.0969. The molecule has 0 amide bonds. The third kappa shape index (κ3) is 0.977. The average molecular weight is 136 g/mol. The molecule has 0 radical (unpaired) electrons. The van der Waals surface area contributed by atoms with Gasteiger partial charge in [0, 0.05) is 5.92 Å². The standard InChI is InChI=1S/C6H4N2O2/c1-2-5-3-7-6(9)4-8(5)10/h1,3-4H,(H,7,9). The largest absolute Gasteiger partial charge is 0.618 e. The van der Waals surface area contributed by atoms with Crippen LogP contribution < -0.4 is 10.3 Å². The lowest BCUT2D eigenvalue weighted by Gasteiger charge is -1.94. The topological polar surface area (TPSA) is 59.8 Å². The minimum Gasteiger partial charge on any atom is -0.618 e. The molecule has 0 aliphatic rings. The molecule has 1 N–H and O–H groups in total. The first kappa shape index (κ1) is 6.36. The lowest BCUT2D eigenvalue weighted by molar-refractivity contribution is -0.609. The van der Waals surface area contributed by atoms with Gasteiger partial charge >= 0.3 is 5.56 Å². The second-order valence-electron chi connectivity index (χ2n) is 1.64. The zero-order chi connectivity index (χ0) is 7.56. The normalized spacial score (nSPS) is 8.70. The first-order chi connectivity index (χ1) is 4.74. The van der Waals surface area contributed by atoms with Crippen LogP contribution in [0.15, 0.2) is 17.2 Å². The van der Waals surface area contributed by atoms with Crippen molar-refractivity contribution in [2.75, 3.05) is 0 Å². The summed E-state index contributed by atoms with van der Waals surface area (Å²) in [5, 5.41) is 10.6. The van der Waals surface area contributed by atoms with Crippen molar-refractivity contribution in [2.24, 2.45) is 0 Å². The van der Waals surface area contributed by atoms with Gasteiger partial charge in [-0.1, -0.05) is 0 Å². The van der Waals surface area contributed by atoms with E-state index < -0.39 is 5.56 Å². The van der Waals surface area contributed by atoms with Crippen molar-refractivity contribution in [3.63, 3.8) is 0 Å². The summed E-state index contributed by atoms with van der Waals surface area (Å²) in [7, 11) is 0. The molecule has 1 aromatic rings. The molecule has 0 unspecified atom stereocenters. The fourth-order valence-corrected chi connectivity index (χ4v) is 0.522. The Balaban J connectivity index is 3.37. The number of nitrogens with one attached hydrogen (secondary N) is 1. The second kappa shape index (κ2) is 2.23. The van der Waals surface area contributed by atoms with Gasteiger partial charge in [0.15, 0.2) is 0 Å².